The van der Waals surface area contributed by atoms with Gasteiger partial charge in [-0.1, -0.05) is 11.6 Å². The average molecular weight is 316 g/mol. The lowest BCUT2D eigenvalue weighted by molar-refractivity contribution is 0.565. The predicted octanol–water partition coefficient (Wildman–Crippen LogP) is 2.57. The summed E-state index contributed by atoms with van der Waals surface area (Å²) in [5.74, 6) is -0.841. The molecule has 0 bridgehead atoms. The van der Waals surface area contributed by atoms with Crippen LogP contribution in [0.4, 0.5) is 15.8 Å². The van der Waals surface area contributed by atoms with Gasteiger partial charge in [0, 0.05) is 11.9 Å². The van der Waals surface area contributed by atoms with Crippen LogP contribution in [0, 0.1) is 12.7 Å². The van der Waals surface area contributed by atoms with Crippen molar-refractivity contribution in [1.29, 1.82) is 0 Å². The fraction of sp³-hybridized carbons (Fsp3) is 0.0833. The molecule has 0 atom stereocenters. The topological polar surface area (TPSA) is 85.1 Å². The van der Waals surface area contributed by atoms with Crippen LogP contribution in [0.5, 0.6) is 0 Å². The van der Waals surface area contributed by atoms with Gasteiger partial charge in [-0.3, -0.25) is 4.72 Å². The van der Waals surface area contributed by atoms with E-state index in [1.54, 1.807) is 0 Å². The number of sulfonamides is 1. The van der Waals surface area contributed by atoms with Crippen molar-refractivity contribution in [3.05, 3.63) is 47.0 Å². The molecule has 1 aromatic heterocycles. The summed E-state index contributed by atoms with van der Waals surface area (Å²) in [6, 6.07) is 5.14. The van der Waals surface area contributed by atoms with Crippen LogP contribution in [0.3, 0.4) is 0 Å². The lowest BCUT2D eigenvalue weighted by Gasteiger charge is -2.11. The Labute approximate surface area is 120 Å². The maximum atomic E-state index is 13.9. The molecular weight excluding hydrogens is 305 g/mol. The highest BCUT2D eigenvalue weighted by Gasteiger charge is 2.21. The number of nitrogens with two attached hydrogens (primary N) is 1. The molecule has 5 nitrogen and oxygen atoms in total. The zero-order valence-corrected chi connectivity index (χ0v) is 12.0. The minimum absolute atomic E-state index is 0.120. The number of hydrogen-bond acceptors (Lipinski definition) is 4. The third-order valence-corrected chi connectivity index (χ3v) is 4.10. The second kappa shape index (κ2) is 5.26. The van der Waals surface area contributed by atoms with Crippen LogP contribution >= 0.6 is 11.6 Å². The number of benzene rings is 1. The SMILES string of the molecule is Cc1cc(N)cc(S(=O)(=O)Nc2ccnc(Cl)c2)c1F. The van der Waals surface area contributed by atoms with Crippen molar-refractivity contribution in [3.8, 4) is 0 Å². The smallest absolute Gasteiger partial charge is 0.264 e. The molecule has 1 heterocycles. The number of hydrogen-bond donors (Lipinski definition) is 2. The number of aromatic nitrogens is 1. The van der Waals surface area contributed by atoms with Crippen molar-refractivity contribution in [2.75, 3.05) is 10.5 Å². The van der Waals surface area contributed by atoms with E-state index in [4.69, 9.17) is 17.3 Å². The highest BCUT2D eigenvalue weighted by Crippen LogP contribution is 2.24. The zero-order chi connectivity index (χ0) is 14.9. The van der Waals surface area contributed by atoms with Gasteiger partial charge in [0.2, 0.25) is 0 Å². The molecule has 0 unspecified atom stereocenters. The van der Waals surface area contributed by atoms with Crippen LogP contribution in [0.2, 0.25) is 5.15 Å². The molecule has 0 aliphatic heterocycles. The van der Waals surface area contributed by atoms with Crippen molar-refractivity contribution >= 4 is 33.0 Å². The van der Waals surface area contributed by atoms with Crippen molar-refractivity contribution in [2.45, 2.75) is 11.8 Å². The second-order valence-corrected chi connectivity index (χ2v) is 6.16. The maximum Gasteiger partial charge on any atom is 0.264 e. The van der Waals surface area contributed by atoms with Gasteiger partial charge in [-0.05, 0) is 36.8 Å². The van der Waals surface area contributed by atoms with E-state index in [9.17, 15) is 12.8 Å². The van der Waals surface area contributed by atoms with E-state index >= 15 is 0 Å². The number of aryl methyl sites for hydroxylation is 1. The van der Waals surface area contributed by atoms with Crippen LogP contribution in [-0.2, 0) is 10.0 Å². The maximum absolute atomic E-state index is 13.9. The number of rotatable bonds is 3. The summed E-state index contributed by atoms with van der Waals surface area (Å²) in [4.78, 5) is 3.21. The molecule has 1 aromatic carbocycles. The number of nitrogens with one attached hydrogen (secondary N) is 1. The quantitative estimate of drug-likeness (QED) is 0.673. The van der Waals surface area contributed by atoms with E-state index < -0.39 is 20.7 Å². The van der Waals surface area contributed by atoms with Gasteiger partial charge in [-0.2, -0.15) is 0 Å². The van der Waals surface area contributed by atoms with Crippen LogP contribution in [0.1, 0.15) is 5.56 Å². The van der Waals surface area contributed by atoms with E-state index in [0.717, 1.165) is 6.07 Å². The molecule has 0 fully saturated rings. The Bertz CT molecular complexity index is 765. The third-order valence-electron chi connectivity index (χ3n) is 2.51. The van der Waals surface area contributed by atoms with E-state index in [2.05, 4.69) is 9.71 Å². The number of anilines is 2. The number of nitrogens with zero attached hydrogens (tertiary/aromatic N) is 1. The third kappa shape index (κ3) is 3.00. The van der Waals surface area contributed by atoms with Gasteiger partial charge in [-0.25, -0.2) is 17.8 Å². The van der Waals surface area contributed by atoms with E-state index in [1.165, 1.54) is 31.3 Å². The Kier molecular flexibility index (Phi) is 3.82. The van der Waals surface area contributed by atoms with Gasteiger partial charge in [0.15, 0.2) is 0 Å². The average Bonchev–Trinajstić information content (AvgIpc) is 2.33. The summed E-state index contributed by atoms with van der Waals surface area (Å²) < 4.78 is 40.5. The minimum Gasteiger partial charge on any atom is -0.399 e. The molecule has 0 saturated carbocycles. The molecule has 0 aliphatic rings. The highest BCUT2D eigenvalue weighted by atomic mass is 35.5. The first-order chi connectivity index (χ1) is 9.29. The van der Waals surface area contributed by atoms with Crippen LogP contribution in [0.15, 0.2) is 35.4 Å². The highest BCUT2D eigenvalue weighted by molar-refractivity contribution is 7.92. The Morgan fingerprint density at radius 3 is 2.70 bits per heavy atom. The van der Waals surface area contributed by atoms with Gasteiger partial charge < -0.3 is 5.73 Å². The number of halogens is 2. The summed E-state index contributed by atoms with van der Waals surface area (Å²) in [5, 5.41) is 0.120. The molecular formula is C12H11ClFN3O2S. The van der Waals surface area contributed by atoms with Gasteiger partial charge in [-0.15, -0.1) is 0 Å². The molecule has 0 aliphatic carbocycles. The summed E-state index contributed by atoms with van der Waals surface area (Å²) >= 11 is 5.66. The van der Waals surface area contributed by atoms with E-state index in [1.807, 2.05) is 0 Å². The Balaban J connectivity index is 2.46. The molecule has 8 heteroatoms. The first-order valence-electron chi connectivity index (χ1n) is 5.49. The van der Waals surface area contributed by atoms with Gasteiger partial charge in [0.1, 0.15) is 15.9 Å². The molecule has 3 N–H and O–H groups in total. The van der Waals surface area contributed by atoms with Crippen LogP contribution in [0.25, 0.3) is 0 Å². The number of pyridine rings is 1. The van der Waals surface area contributed by atoms with Crippen LogP contribution in [-0.4, -0.2) is 13.4 Å². The fourth-order valence-corrected chi connectivity index (χ4v) is 3.04. The molecule has 2 aromatic rings. The lowest BCUT2D eigenvalue weighted by atomic mass is 10.2. The first-order valence-corrected chi connectivity index (χ1v) is 7.36. The molecule has 2 rings (SSSR count). The Hall–Kier alpha value is -1.86. The molecule has 0 amide bonds. The van der Waals surface area contributed by atoms with Crippen molar-refractivity contribution in [3.63, 3.8) is 0 Å². The normalized spacial score (nSPS) is 11.3. The van der Waals surface area contributed by atoms with Gasteiger partial charge in [0.05, 0.1) is 5.69 Å². The Morgan fingerprint density at radius 2 is 2.05 bits per heavy atom. The molecule has 0 saturated heterocycles. The zero-order valence-electron chi connectivity index (χ0n) is 10.4. The summed E-state index contributed by atoms with van der Waals surface area (Å²) in [6.45, 7) is 1.44. The lowest BCUT2D eigenvalue weighted by Crippen LogP contribution is -2.15. The summed E-state index contributed by atoms with van der Waals surface area (Å²) in [6.07, 6.45) is 1.33. The largest absolute Gasteiger partial charge is 0.399 e. The van der Waals surface area contributed by atoms with Crippen LogP contribution < -0.4 is 10.5 Å². The fourth-order valence-electron chi connectivity index (χ4n) is 1.64. The molecule has 106 valence electrons. The van der Waals surface area contributed by atoms with Gasteiger partial charge in [0.25, 0.3) is 10.0 Å². The van der Waals surface area contributed by atoms with Gasteiger partial charge >= 0.3 is 0 Å². The Morgan fingerprint density at radius 1 is 1.35 bits per heavy atom. The second-order valence-electron chi connectivity index (χ2n) is 4.12. The van der Waals surface area contributed by atoms with Crippen molar-refractivity contribution in [1.82, 2.24) is 4.98 Å². The summed E-state index contributed by atoms with van der Waals surface area (Å²) in [7, 11) is -4.10. The van der Waals surface area contributed by atoms with E-state index in [-0.39, 0.29) is 22.1 Å². The van der Waals surface area contributed by atoms with E-state index in [0.29, 0.717) is 0 Å². The monoisotopic (exact) mass is 315 g/mol. The number of nitrogen functional groups attached to an aromatic ring is 1. The van der Waals surface area contributed by atoms with Crippen molar-refractivity contribution in [2.24, 2.45) is 0 Å². The minimum atomic E-state index is -4.10. The molecule has 20 heavy (non-hydrogen) atoms. The molecule has 0 spiro atoms. The predicted molar refractivity (Wildman–Crippen MR) is 75.6 cm³/mol. The standard InChI is InChI=1S/C12H11ClFN3O2S/c1-7-4-8(15)5-10(12(7)14)20(18,19)17-9-2-3-16-11(13)6-9/h2-6H,15H2,1H3,(H,16,17). The molecule has 0 radical (unpaired) electrons. The summed E-state index contributed by atoms with van der Waals surface area (Å²) in [5.41, 5.74) is 6.05. The van der Waals surface area contributed by atoms with Crippen molar-refractivity contribution < 1.29 is 12.8 Å². The first kappa shape index (κ1) is 14.5.